The van der Waals surface area contributed by atoms with Gasteiger partial charge in [-0.05, 0) is 25.7 Å². The fourth-order valence-electron chi connectivity index (χ4n) is 1.62. The Hall–Kier alpha value is -0.780. The van der Waals surface area contributed by atoms with Crippen molar-refractivity contribution in [3.8, 4) is 0 Å². The summed E-state index contributed by atoms with van der Waals surface area (Å²) in [5, 5.41) is 8.59. The molecule has 0 aromatic carbocycles. The van der Waals surface area contributed by atoms with Crippen molar-refractivity contribution in [1.82, 2.24) is 0 Å². The highest BCUT2D eigenvalue weighted by Gasteiger charge is 2.36. The van der Waals surface area contributed by atoms with Crippen LogP contribution in [0, 0.1) is 5.92 Å². The van der Waals surface area contributed by atoms with E-state index in [4.69, 9.17) is 5.11 Å². The number of halogens is 3. The summed E-state index contributed by atoms with van der Waals surface area (Å²) in [7, 11) is 0. The highest BCUT2D eigenvalue weighted by Crippen LogP contribution is 2.30. The minimum absolute atomic E-state index is 0.163. The van der Waals surface area contributed by atoms with E-state index in [1.165, 1.54) is 0 Å². The Labute approximate surface area is 78.9 Å². The van der Waals surface area contributed by atoms with Gasteiger partial charge in [0.25, 0.3) is 0 Å². The van der Waals surface area contributed by atoms with Gasteiger partial charge in [-0.3, -0.25) is 9.53 Å². The topological polar surface area (TPSA) is 46.5 Å². The van der Waals surface area contributed by atoms with Crippen LogP contribution in [0.15, 0.2) is 0 Å². The van der Waals surface area contributed by atoms with E-state index in [0.29, 0.717) is 0 Å². The van der Waals surface area contributed by atoms with Crippen LogP contribution < -0.4 is 0 Å². The lowest BCUT2D eigenvalue weighted by atomic mass is 9.87. The van der Waals surface area contributed by atoms with Crippen LogP contribution >= 0.6 is 0 Å². The average Bonchev–Trinajstić information content (AvgIpc) is 2.02. The van der Waals surface area contributed by atoms with E-state index < -0.39 is 24.4 Å². The molecule has 0 unspecified atom stereocenters. The van der Waals surface area contributed by atoms with E-state index >= 15 is 0 Å². The van der Waals surface area contributed by atoms with Gasteiger partial charge in [0.2, 0.25) is 0 Å². The Morgan fingerprint density at radius 1 is 1.21 bits per heavy atom. The predicted molar refractivity (Wildman–Crippen MR) is 40.5 cm³/mol. The summed E-state index contributed by atoms with van der Waals surface area (Å²) in [5.74, 6) is -1.45. The number of aliphatic carboxylic acids is 1. The van der Waals surface area contributed by atoms with Crippen molar-refractivity contribution in [3.05, 3.63) is 0 Å². The summed E-state index contributed by atoms with van der Waals surface area (Å²) in [6, 6.07) is 0. The number of carboxylic acid groups (broad SMARTS) is 1. The van der Waals surface area contributed by atoms with Gasteiger partial charge in [0.1, 0.15) is 0 Å². The lowest BCUT2D eigenvalue weighted by Gasteiger charge is -2.26. The molecular weight excluding hydrogens is 201 g/mol. The Morgan fingerprint density at radius 2 is 1.71 bits per heavy atom. The van der Waals surface area contributed by atoms with E-state index in [1.54, 1.807) is 0 Å². The molecule has 0 aliphatic heterocycles. The zero-order valence-corrected chi connectivity index (χ0v) is 7.38. The van der Waals surface area contributed by atoms with Gasteiger partial charge in [-0.15, -0.1) is 13.2 Å². The van der Waals surface area contributed by atoms with Gasteiger partial charge in [0, 0.05) is 0 Å². The molecule has 0 atom stereocenters. The normalized spacial score (nSPS) is 28.8. The van der Waals surface area contributed by atoms with Gasteiger partial charge < -0.3 is 5.11 Å². The number of hydrogen-bond donors (Lipinski definition) is 1. The first kappa shape index (κ1) is 11.3. The number of carboxylic acids is 1. The van der Waals surface area contributed by atoms with Crippen LogP contribution in [0.5, 0.6) is 0 Å². The highest BCUT2D eigenvalue weighted by atomic mass is 19.4. The third kappa shape index (κ3) is 3.53. The summed E-state index contributed by atoms with van der Waals surface area (Å²) >= 11 is 0. The van der Waals surface area contributed by atoms with Crippen molar-refractivity contribution in [2.45, 2.75) is 38.1 Å². The third-order valence-corrected chi connectivity index (χ3v) is 2.32. The lowest BCUT2D eigenvalue weighted by Crippen LogP contribution is -2.30. The Balaban J connectivity index is 2.33. The van der Waals surface area contributed by atoms with Crippen molar-refractivity contribution in [2.75, 3.05) is 0 Å². The molecule has 0 heterocycles. The van der Waals surface area contributed by atoms with Crippen molar-refractivity contribution in [2.24, 2.45) is 5.92 Å². The molecule has 6 heteroatoms. The molecule has 0 aromatic rings. The molecule has 82 valence electrons. The second-order valence-electron chi connectivity index (χ2n) is 3.38. The summed E-state index contributed by atoms with van der Waals surface area (Å²) in [5.41, 5.74) is 0. The Kier molecular flexibility index (Phi) is 3.36. The molecule has 14 heavy (non-hydrogen) atoms. The number of alkyl halides is 3. The Morgan fingerprint density at radius 3 is 2.07 bits per heavy atom. The van der Waals surface area contributed by atoms with Gasteiger partial charge in [-0.25, -0.2) is 0 Å². The molecule has 1 aliphatic carbocycles. The number of ether oxygens (including phenoxy) is 1. The molecule has 0 bridgehead atoms. The largest absolute Gasteiger partial charge is 0.522 e. The molecule has 1 N–H and O–H groups in total. The van der Waals surface area contributed by atoms with Crippen LogP contribution in [0.25, 0.3) is 0 Å². The summed E-state index contributed by atoms with van der Waals surface area (Å²) in [4.78, 5) is 10.5. The van der Waals surface area contributed by atoms with E-state index in [1.807, 2.05) is 0 Å². The minimum atomic E-state index is -4.61. The fraction of sp³-hybridized carbons (Fsp3) is 0.875. The molecule has 0 spiro atoms. The summed E-state index contributed by atoms with van der Waals surface area (Å²) in [6.45, 7) is 0. The molecular formula is C8H11F3O3. The number of rotatable bonds is 2. The first-order valence-corrected chi connectivity index (χ1v) is 4.36. The van der Waals surface area contributed by atoms with Gasteiger partial charge in [-0.2, -0.15) is 0 Å². The van der Waals surface area contributed by atoms with Crippen LogP contribution in [-0.2, 0) is 9.53 Å². The summed E-state index contributed by atoms with van der Waals surface area (Å²) in [6.07, 6.45) is -4.63. The molecule has 1 saturated carbocycles. The molecule has 3 nitrogen and oxygen atoms in total. The van der Waals surface area contributed by atoms with E-state index in [9.17, 15) is 18.0 Å². The smallest absolute Gasteiger partial charge is 0.481 e. The van der Waals surface area contributed by atoms with Crippen molar-refractivity contribution in [1.29, 1.82) is 0 Å². The fourth-order valence-corrected chi connectivity index (χ4v) is 1.62. The van der Waals surface area contributed by atoms with Crippen molar-refractivity contribution in [3.63, 3.8) is 0 Å². The van der Waals surface area contributed by atoms with Crippen molar-refractivity contribution < 1.29 is 27.8 Å². The van der Waals surface area contributed by atoms with E-state index in [2.05, 4.69) is 4.74 Å². The summed E-state index contributed by atoms with van der Waals surface area (Å²) < 4.78 is 39.1. The predicted octanol–water partition coefficient (Wildman–Crippen LogP) is 2.17. The standard InChI is InChI=1S/C8H11F3O3/c9-8(10,11)14-6-3-1-5(2-4-6)7(12)13/h5-6H,1-4H2,(H,12,13). The van der Waals surface area contributed by atoms with Gasteiger partial charge in [0.15, 0.2) is 0 Å². The van der Waals surface area contributed by atoms with Gasteiger partial charge >= 0.3 is 12.3 Å². The minimum Gasteiger partial charge on any atom is -0.481 e. The molecule has 0 amide bonds. The molecule has 0 aromatic heterocycles. The second-order valence-corrected chi connectivity index (χ2v) is 3.38. The van der Waals surface area contributed by atoms with Crippen LogP contribution in [-0.4, -0.2) is 23.5 Å². The SMILES string of the molecule is O=C(O)C1CCC(OC(F)(F)F)CC1. The van der Waals surface area contributed by atoms with E-state index in [-0.39, 0.29) is 25.7 Å². The molecule has 0 radical (unpaired) electrons. The average molecular weight is 212 g/mol. The van der Waals surface area contributed by atoms with Crippen LogP contribution in [0.4, 0.5) is 13.2 Å². The molecule has 0 saturated heterocycles. The number of hydrogen-bond acceptors (Lipinski definition) is 2. The van der Waals surface area contributed by atoms with Crippen molar-refractivity contribution >= 4 is 5.97 Å². The molecule has 1 fully saturated rings. The maximum Gasteiger partial charge on any atom is 0.522 e. The number of carbonyl (C=O) groups is 1. The third-order valence-electron chi connectivity index (χ3n) is 2.32. The first-order valence-electron chi connectivity index (χ1n) is 4.36. The molecule has 1 rings (SSSR count). The van der Waals surface area contributed by atoms with Crippen LogP contribution in [0.3, 0.4) is 0 Å². The van der Waals surface area contributed by atoms with Gasteiger partial charge in [0.05, 0.1) is 12.0 Å². The van der Waals surface area contributed by atoms with Gasteiger partial charge in [-0.1, -0.05) is 0 Å². The lowest BCUT2D eigenvalue weighted by molar-refractivity contribution is -0.345. The Bertz CT molecular complexity index is 206. The van der Waals surface area contributed by atoms with Crippen LogP contribution in [0.1, 0.15) is 25.7 Å². The highest BCUT2D eigenvalue weighted by molar-refractivity contribution is 5.69. The second kappa shape index (κ2) is 4.16. The zero-order chi connectivity index (χ0) is 10.8. The maximum atomic E-state index is 11.8. The first-order chi connectivity index (χ1) is 6.38. The van der Waals surface area contributed by atoms with E-state index in [0.717, 1.165) is 0 Å². The maximum absolute atomic E-state index is 11.8. The van der Waals surface area contributed by atoms with Crippen LogP contribution in [0.2, 0.25) is 0 Å². The quantitative estimate of drug-likeness (QED) is 0.762. The molecule has 1 aliphatic rings. The monoisotopic (exact) mass is 212 g/mol. The zero-order valence-electron chi connectivity index (χ0n) is 7.38.